The van der Waals surface area contributed by atoms with Crippen molar-refractivity contribution in [2.45, 2.75) is 57.7 Å². The van der Waals surface area contributed by atoms with Crippen LogP contribution in [0.4, 0.5) is 15.0 Å². The first kappa shape index (κ1) is 23.0. The summed E-state index contributed by atoms with van der Waals surface area (Å²) in [6.07, 6.45) is 5.44. The van der Waals surface area contributed by atoms with Gasteiger partial charge in [-0.05, 0) is 68.1 Å². The molecule has 1 aromatic carbocycles. The largest absolute Gasteiger partial charge is 0.444 e. The van der Waals surface area contributed by atoms with Gasteiger partial charge in [-0.2, -0.15) is 5.26 Å². The van der Waals surface area contributed by atoms with Crippen LogP contribution in [-0.4, -0.2) is 38.1 Å². The van der Waals surface area contributed by atoms with Crippen LogP contribution in [0.1, 0.15) is 45.6 Å². The minimum atomic E-state index is -0.593. The van der Waals surface area contributed by atoms with Gasteiger partial charge in [0.2, 0.25) is 0 Å². The van der Waals surface area contributed by atoms with Crippen molar-refractivity contribution < 1.29 is 13.9 Å². The van der Waals surface area contributed by atoms with E-state index >= 15 is 0 Å². The lowest BCUT2D eigenvalue weighted by Gasteiger charge is -2.22. The molecule has 1 aliphatic carbocycles. The van der Waals surface area contributed by atoms with Crippen LogP contribution in [0.25, 0.3) is 16.9 Å². The molecule has 3 aromatic rings. The number of carbonyl (C=O) groups excluding carboxylic acids is 1. The lowest BCUT2D eigenvalue weighted by Crippen LogP contribution is -2.38. The third kappa shape index (κ3) is 5.09. The summed E-state index contributed by atoms with van der Waals surface area (Å²) in [5, 5.41) is 15.3. The number of amides is 1. The Kier molecular flexibility index (Phi) is 6.26. The van der Waals surface area contributed by atoms with Crippen LogP contribution < -0.4 is 10.6 Å². The van der Waals surface area contributed by atoms with Gasteiger partial charge in [0.1, 0.15) is 27.8 Å². The second-order valence-corrected chi connectivity index (χ2v) is 9.78. The zero-order chi connectivity index (χ0) is 23.8. The molecular weight excluding hydrogens is 491 g/mol. The molecule has 0 saturated heterocycles. The van der Waals surface area contributed by atoms with Gasteiger partial charge in [-0.15, -0.1) is 0 Å². The zero-order valence-corrected chi connectivity index (χ0v) is 20.1. The van der Waals surface area contributed by atoms with Crippen LogP contribution in [0.15, 0.2) is 35.2 Å². The molecule has 1 fully saturated rings. The molecule has 1 aliphatic rings. The van der Waals surface area contributed by atoms with Crippen LogP contribution in [-0.2, 0) is 4.74 Å². The van der Waals surface area contributed by atoms with Gasteiger partial charge in [0.05, 0.1) is 5.56 Å². The topological polar surface area (TPSA) is 104 Å². The predicted molar refractivity (Wildman–Crippen MR) is 125 cm³/mol. The number of hydrogen-bond donors (Lipinski definition) is 2. The second kappa shape index (κ2) is 8.98. The van der Waals surface area contributed by atoms with Crippen LogP contribution in [0.5, 0.6) is 0 Å². The Hall–Kier alpha value is -3.19. The predicted octanol–water partition coefficient (Wildman–Crippen LogP) is 5.03. The van der Waals surface area contributed by atoms with Crippen molar-refractivity contribution in [3.8, 4) is 17.3 Å². The molecule has 2 heterocycles. The van der Waals surface area contributed by atoms with E-state index in [2.05, 4.69) is 36.5 Å². The summed E-state index contributed by atoms with van der Waals surface area (Å²) >= 11 is 3.55. The molecule has 33 heavy (non-hydrogen) atoms. The molecule has 4 rings (SSSR count). The van der Waals surface area contributed by atoms with Gasteiger partial charge in [-0.25, -0.2) is 19.2 Å². The van der Waals surface area contributed by atoms with Gasteiger partial charge < -0.3 is 15.4 Å². The van der Waals surface area contributed by atoms with E-state index in [0.717, 1.165) is 19.3 Å². The number of aromatic nitrogens is 3. The van der Waals surface area contributed by atoms with Crippen LogP contribution >= 0.6 is 15.9 Å². The number of benzene rings is 1. The number of nitrogens with one attached hydrogen (secondary N) is 2. The molecule has 0 radical (unpaired) electrons. The molecule has 0 spiro atoms. The Morgan fingerprint density at radius 2 is 2.09 bits per heavy atom. The lowest BCUT2D eigenvalue weighted by atomic mass is 10.1. The highest BCUT2D eigenvalue weighted by Gasteiger charge is 2.28. The van der Waals surface area contributed by atoms with Crippen molar-refractivity contribution >= 4 is 33.5 Å². The highest BCUT2D eigenvalue weighted by molar-refractivity contribution is 9.10. The molecule has 172 valence electrons. The number of alkyl carbamates (subject to hydrolysis) is 1. The molecule has 1 amide bonds. The lowest BCUT2D eigenvalue weighted by molar-refractivity contribution is 0.0505. The Morgan fingerprint density at radius 3 is 2.79 bits per heavy atom. The van der Waals surface area contributed by atoms with E-state index in [4.69, 9.17) is 10.00 Å². The van der Waals surface area contributed by atoms with Crippen molar-refractivity contribution in [2.75, 3.05) is 5.32 Å². The van der Waals surface area contributed by atoms with Gasteiger partial charge >= 0.3 is 6.09 Å². The van der Waals surface area contributed by atoms with E-state index in [1.807, 2.05) is 31.2 Å². The average Bonchev–Trinajstić information content (AvgIpc) is 3.31. The fraction of sp³-hybridized carbons (Fsp3) is 0.391. The summed E-state index contributed by atoms with van der Waals surface area (Å²) < 4.78 is 22.0. The summed E-state index contributed by atoms with van der Waals surface area (Å²) in [4.78, 5) is 21.2. The van der Waals surface area contributed by atoms with Gasteiger partial charge in [0, 0.05) is 30.0 Å². The van der Waals surface area contributed by atoms with Crippen molar-refractivity contribution in [1.82, 2.24) is 19.7 Å². The molecule has 8 nitrogen and oxygen atoms in total. The monoisotopic (exact) mass is 514 g/mol. The molecule has 1 saturated carbocycles. The van der Waals surface area contributed by atoms with Crippen molar-refractivity contribution in [2.24, 2.45) is 0 Å². The number of nitriles is 1. The maximum absolute atomic E-state index is 14.2. The number of imidazole rings is 1. The number of halogens is 2. The van der Waals surface area contributed by atoms with Crippen LogP contribution in [0.3, 0.4) is 0 Å². The first-order valence-electron chi connectivity index (χ1n) is 10.6. The summed E-state index contributed by atoms with van der Waals surface area (Å²) in [6.45, 7) is 5.50. The fourth-order valence-corrected chi connectivity index (χ4v) is 4.50. The third-order valence-electron chi connectivity index (χ3n) is 5.34. The zero-order valence-electron chi connectivity index (χ0n) is 18.5. The van der Waals surface area contributed by atoms with E-state index in [1.165, 1.54) is 12.1 Å². The number of fused-ring (bicyclic) bond motifs is 1. The van der Waals surface area contributed by atoms with E-state index in [1.54, 1.807) is 18.5 Å². The van der Waals surface area contributed by atoms with Gasteiger partial charge in [-0.3, -0.25) is 4.40 Å². The number of anilines is 1. The van der Waals surface area contributed by atoms with E-state index < -0.39 is 17.5 Å². The van der Waals surface area contributed by atoms with Gasteiger partial charge in [0.15, 0.2) is 11.5 Å². The van der Waals surface area contributed by atoms with E-state index in [-0.39, 0.29) is 17.6 Å². The number of hydrogen-bond acceptors (Lipinski definition) is 6. The Labute approximate surface area is 199 Å². The smallest absolute Gasteiger partial charge is 0.407 e. The summed E-state index contributed by atoms with van der Waals surface area (Å²) in [5.41, 5.74) is 1.13. The molecule has 0 aliphatic heterocycles. The van der Waals surface area contributed by atoms with E-state index in [9.17, 15) is 9.18 Å². The first-order valence-corrected chi connectivity index (χ1v) is 11.4. The third-order valence-corrected chi connectivity index (χ3v) is 6.10. The van der Waals surface area contributed by atoms with Gasteiger partial charge in [0.25, 0.3) is 0 Å². The molecular formula is C23H24BrFN6O2. The van der Waals surface area contributed by atoms with Crippen LogP contribution in [0, 0.1) is 17.1 Å². The Morgan fingerprint density at radius 1 is 1.33 bits per heavy atom. The maximum atomic E-state index is 14.2. The number of carbonyl (C=O) groups is 1. The summed E-state index contributed by atoms with van der Waals surface area (Å²) in [6, 6.07) is 6.35. The highest BCUT2D eigenvalue weighted by atomic mass is 79.9. The summed E-state index contributed by atoms with van der Waals surface area (Å²) in [5.74, 6) is 0.00593. The second-order valence-electron chi connectivity index (χ2n) is 9.02. The molecule has 0 bridgehead atoms. The molecule has 2 atom stereocenters. The van der Waals surface area contributed by atoms with E-state index in [0.29, 0.717) is 27.3 Å². The standard InChI is InChI=1S/C23H24BrFN6O2/c1-23(2,3)33-22(32)29-16-7-6-15(11-16)28-20-21-30-18(19(24)31(21)9-8-27-20)13-4-5-14(12-26)17(25)10-13/h4-5,8-10,15-16H,6-7,11H2,1-3H3,(H,27,28)(H,29,32)/t15-,16+/m1/s1. The molecule has 2 N–H and O–H groups in total. The average molecular weight is 515 g/mol. The minimum Gasteiger partial charge on any atom is -0.444 e. The SMILES string of the molecule is CC(C)(C)OC(=O)N[C@H]1CC[C@@H](Nc2nccn3c(Br)c(-c4ccc(C#N)c(F)c4)nc23)C1. The van der Waals surface area contributed by atoms with Crippen molar-refractivity contribution in [3.63, 3.8) is 0 Å². The molecule has 0 unspecified atom stereocenters. The van der Waals surface area contributed by atoms with Crippen LogP contribution in [0.2, 0.25) is 0 Å². The first-order chi connectivity index (χ1) is 15.6. The number of rotatable bonds is 4. The number of ether oxygens (including phenoxy) is 1. The molecule has 2 aromatic heterocycles. The summed E-state index contributed by atoms with van der Waals surface area (Å²) in [7, 11) is 0. The Balaban J connectivity index is 1.52. The molecule has 10 heteroatoms. The number of nitrogens with zero attached hydrogens (tertiary/aromatic N) is 4. The minimum absolute atomic E-state index is 0.0146. The maximum Gasteiger partial charge on any atom is 0.407 e. The highest BCUT2D eigenvalue weighted by Crippen LogP contribution is 2.32. The fourth-order valence-electron chi connectivity index (χ4n) is 3.90. The van der Waals surface area contributed by atoms with Crippen molar-refractivity contribution in [3.05, 3.63) is 46.6 Å². The quantitative estimate of drug-likeness (QED) is 0.506. The van der Waals surface area contributed by atoms with Crippen molar-refractivity contribution in [1.29, 1.82) is 5.26 Å². The Bertz CT molecular complexity index is 1250. The van der Waals surface area contributed by atoms with Gasteiger partial charge in [-0.1, -0.05) is 6.07 Å². The normalized spacial score (nSPS) is 18.2.